The summed E-state index contributed by atoms with van der Waals surface area (Å²) in [4.78, 5) is 11.4. The number of nitrogens with one attached hydrogen (secondary N) is 1. The highest BCUT2D eigenvalue weighted by molar-refractivity contribution is 5.48. The van der Waals surface area contributed by atoms with Crippen molar-refractivity contribution < 1.29 is 0 Å². The van der Waals surface area contributed by atoms with E-state index in [1.165, 1.54) is 6.42 Å². The van der Waals surface area contributed by atoms with Crippen LogP contribution in [0.3, 0.4) is 0 Å². The van der Waals surface area contributed by atoms with E-state index in [0.29, 0.717) is 0 Å². The fourth-order valence-electron chi connectivity index (χ4n) is 2.24. The first kappa shape index (κ1) is 13.1. The third-order valence-corrected chi connectivity index (χ3v) is 3.66. The third-order valence-electron chi connectivity index (χ3n) is 3.66. The van der Waals surface area contributed by atoms with Crippen LogP contribution in [0.2, 0.25) is 0 Å². The SMILES string of the molecule is CCCc1nc(NC)cc(N(C)CC2CC2C)n1. The summed E-state index contributed by atoms with van der Waals surface area (Å²) in [6.45, 7) is 5.58. The van der Waals surface area contributed by atoms with E-state index in [1.807, 2.05) is 13.1 Å². The van der Waals surface area contributed by atoms with Gasteiger partial charge in [-0.15, -0.1) is 0 Å². The van der Waals surface area contributed by atoms with Crippen LogP contribution >= 0.6 is 0 Å². The molecule has 4 heteroatoms. The lowest BCUT2D eigenvalue weighted by atomic mass is 10.3. The summed E-state index contributed by atoms with van der Waals surface area (Å²) in [5.41, 5.74) is 0. The Kier molecular flexibility index (Phi) is 4.04. The van der Waals surface area contributed by atoms with Gasteiger partial charge >= 0.3 is 0 Å². The number of hydrogen-bond acceptors (Lipinski definition) is 4. The van der Waals surface area contributed by atoms with E-state index < -0.39 is 0 Å². The van der Waals surface area contributed by atoms with Crippen molar-refractivity contribution in [2.45, 2.75) is 33.1 Å². The van der Waals surface area contributed by atoms with Crippen LogP contribution in [0.4, 0.5) is 11.6 Å². The number of rotatable bonds is 6. The molecule has 1 aromatic rings. The number of aromatic nitrogens is 2. The normalized spacial score (nSPS) is 21.8. The standard InChI is InChI=1S/C14H24N4/c1-5-6-12-16-13(15-3)8-14(17-12)18(4)9-11-7-10(11)2/h8,10-11H,5-7,9H2,1-4H3,(H,15,16,17). The Bertz CT molecular complexity index is 405. The molecule has 1 heterocycles. The molecule has 0 aromatic carbocycles. The third kappa shape index (κ3) is 3.12. The van der Waals surface area contributed by atoms with E-state index >= 15 is 0 Å². The van der Waals surface area contributed by atoms with Crippen LogP contribution in [-0.2, 0) is 6.42 Å². The molecular weight excluding hydrogens is 224 g/mol. The van der Waals surface area contributed by atoms with Crippen molar-refractivity contribution in [1.82, 2.24) is 9.97 Å². The monoisotopic (exact) mass is 248 g/mol. The first-order valence-electron chi connectivity index (χ1n) is 6.90. The second kappa shape index (κ2) is 5.55. The summed E-state index contributed by atoms with van der Waals surface area (Å²) >= 11 is 0. The Hall–Kier alpha value is -1.32. The van der Waals surface area contributed by atoms with Crippen molar-refractivity contribution in [2.75, 3.05) is 30.9 Å². The van der Waals surface area contributed by atoms with Crippen molar-refractivity contribution in [3.8, 4) is 0 Å². The summed E-state index contributed by atoms with van der Waals surface area (Å²) in [5, 5.41) is 3.12. The smallest absolute Gasteiger partial charge is 0.134 e. The lowest BCUT2D eigenvalue weighted by molar-refractivity contribution is 0.714. The zero-order chi connectivity index (χ0) is 13.1. The molecule has 4 nitrogen and oxygen atoms in total. The topological polar surface area (TPSA) is 41.1 Å². The predicted molar refractivity (Wildman–Crippen MR) is 76.1 cm³/mol. The highest BCUT2D eigenvalue weighted by atomic mass is 15.2. The van der Waals surface area contributed by atoms with Gasteiger partial charge in [0.2, 0.25) is 0 Å². The number of hydrogen-bond donors (Lipinski definition) is 1. The molecule has 2 atom stereocenters. The maximum Gasteiger partial charge on any atom is 0.134 e. The molecule has 1 aliphatic rings. The molecular formula is C14H24N4. The summed E-state index contributed by atoms with van der Waals surface area (Å²) in [6, 6.07) is 2.03. The fraction of sp³-hybridized carbons (Fsp3) is 0.714. The van der Waals surface area contributed by atoms with E-state index in [2.05, 4.69) is 41.1 Å². The van der Waals surface area contributed by atoms with E-state index in [-0.39, 0.29) is 0 Å². The van der Waals surface area contributed by atoms with E-state index in [9.17, 15) is 0 Å². The van der Waals surface area contributed by atoms with Crippen molar-refractivity contribution in [3.05, 3.63) is 11.9 Å². The molecule has 0 aliphatic heterocycles. The molecule has 1 aromatic heterocycles. The minimum Gasteiger partial charge on any atom is -0.373 e. The lowest BCUT2D eigenvalue weighted by Gasteiger charge is -2.19. The molecule has 0 radical (unpaired) electrons. The van der Waals surface area contributed by atoms with Gasteiger partial charge in [-0.2, -0.15) is 0 Å². The number of nitrogens with zero attached hydrogens (tertiary/aromatic N) is 3. The Morgan fingerprint density at radius 1 is 1.44 bits per heavy atom. The molecule has 0 bridgehead atoms. The molecule has 0 saturated heterocycles. The van der Waals surface area contributed by atoms with Crippen LogP contribution in [0.5, 0.6) is 0 Å². The molecule has 0 amide bonds. The highest BCUT2D eigenvalue weighted by Gasteiger charge is 2.33. The van der Waals surface area contributed by atoms with E-state index in [1.54, 1.807) is 0 Å². The van der Waals surface area contributed by atoms with Crippen molar-refractivity contribution >= 4 is 11.6 Å². The van der Waals surface area contributed by atoms with Gasteiger partial charge in [-0.25, -0.2) is 9.97 Å². The van der Waals surface area contributed by atoms with Gasteiger partial charge in [0, 0.05) is 33.1 Å². The van der Waals surface area contributed by atoms with Gasteiger partial charge in [0.25, 0.3) is 0 Å². The van der Waals surface area contributed by atoms with Crippen molar-refractivity contribution in [3.63, 3.8) is 0 Å². The fourth-order valence-corrected chi connectivity index (χ4v) is 2.24. The molecule has 0 spiro atoms. The van der Waals surface area contributed by atoms with E-state index in [4.69, 9.17) is 0 Å². The average molecular weight is 248 g/mol. The summed E-state index contributed by atoms with van der Waals surface area (Å²) < 4.78 is 0. The quantitative estimate of drug-likeness (QED) is 0.840. The van der Waals surface area contributed by atoms with Gasteiger partial charge < -0.3 is 10.2 Å². The molecule has 2 unspecified atom stereocenters. The zero-order valence-electron chi connectivity index (χ0n) is 11.9. The Morgan fingerprint density at radius 2 is 2.17 bits per heavy atom. The van der Waals surface area contributed by atoms with Gasteiger partial charge in [0.05, 0.1) is 0 Å². The van der Waals surface area contributed by atoms with Gasteiger partial charge in [-0.05, 0) is 24.7 Å². The van der Waals surface area contributed by atoms with Gasteiger partial charge in [-0.3, -0.25) is 0 Å². The Labute approximate surface area is 110 Å². The van der Waals surface area contributed by atoms with Crippen LogP contribution in [0.1, 0.15) is 32.5 Å². The molecule has 100 valence electrons. The van der Waals surface area contributed by atoms with E-state index in [0.717, 1.165) is 48.7 Å². The molecule has 1 saturated carbocycles. The minimum absolute atomic E-state index is 0.845. The predicted octanol–water partition coefficient (Wildman–Crippen LogP) is 2.56. The van der Waals surface area contributed by atoms with Crippen LogP contribution in [0.15, 0.2) is 6.07 Å². The largest absolute Gasteiger partial charge is 0.373 e. The highest BCUT2D eigenvalue weighted by Crippen LogP contribution is 2.38. The second-order valence-corrected chi connectivity index (χ2v) is 5.38. The summed E-state index contributed by atoms with van der Waals surface area (Å²) in [6.07, 6.45) is 3.38. The second-order valence-electron chi connectivity index (χ2n) is 5.38. The van der Waals surface area contributed by atoms with Crippen LogP contribution in [-0.4, -0.2) is 30.6 Å². The average Bonchev–Trinajstić information content (AvgIpc) is 3.04. The molecule has 1 aliphatic carbocycles. The van der Waals surface area contributed by atoms with Gasteiger partial charge in [-0.1, -0.05) is 13.8 Å². The van der Waals surface area contributed by atoms with Gasteiger partial charge in [0.15, 0.2) is 0 Å². The van der Waals surface area contributed by atoms with Gasteiger partial charge in [0.1, 0.15) is 17.5 Å². The Morgan fingerprint density at radius 3 is 2.72 bits per heavy atom. The zero-order valence-corrected chi connectivity index (χ0v) is 11.9. The minimum atomic E-state index is 0.845. The molecule has 18 heavy (non-hydrogen) atoms. The Balaban J connectivity index is 2.11. The van der Waals surface area contributed by atoms with Crippen LogP contribution < -0.4 is 10.2 Å². The lowest BCUT2D eigenvalue weighted by Crippen LogP contribution is -2.22. The first-order chi connectivity index (χ1) is 8.63. The molecule has 1 fully saturated rings. The van der Waals surface area contributed by atoms with Crippen LogP contribution in [0, 0.1) is 11.8 Å². The summed E-state index contributed by atoms with van der Waals surface area (Å²) in [5.74, 6) is 4.62. The molecule has 1 N–H and O–H groups in total. The molecule has 2 rings (SSSR count). The number of aryl methyl sites for hydroxylation is 1. The maximum atomic E-state index is 4.65. The first-order valence-corrected chi connectivity index (χ1v) is 6.90. The number of anilines is 2. The van der Waals surface area contributed by atoms with Crippen LogP contribution in [0.25, 0.3) is 0 Å². The summed E-state index contributed by atoms with van der Waals surface area (Å²) in [7, 11) is 4.04. The maximum absolute atomic E-state index is 4.65. The van der Waals surface area contributed by atoms with Crippen molar-refractivity contribution in [1.29, 1.82) is 0 Å². The van der Waals surface area contributed by atoms with Crippen molar-refractivity contribution in [2.24, 2.45) is 11.8 Å².